The van der Waals surface area contributed by atoms with Gasteiger partial charge in [-0.1, -0.05) is 30.3 Å². The predicted octanol–water partition coefficient (Wildman–Crippen LogP) is 3.19. The highest BCUT2D eigenvalue weighted by Crippen LogP contribution is 2.28. The summed E-state index contributed by atoms with van der Waals surface area (Å²) in [7, 11) is 0. The average molecular weight is 409 g/mol. The minimum absolute atomic E-state index is 0.0684. The lowest BCUT2D eigenvalue weighted by Crippen LogP contribution is -2.39. The van der Waals surface area contributed by atoms with Gasteiger partial charge in [0, 0.05) is 38.2 Å². The maximum absolute atomic E-state index is 12.5. The van der Waals surface area contributed by atoms with Crippen LogP contribution in [0.4, 0.5) is 5.82 Å². The van der Waals surface area contributed by atoms with Gasteiger partial charge in [0.25, 0.3) is 5.91 Å². The number of aromatic nitrogens is 2. The van der Waals surface area contributed by atoms with Crippen LogP contribution in [0.5, 0.6) is 0 Å². The van der Waals surface area contributed by atoms with Crippen molar-refractivity contribution in [2.45, 2.75) is 52.1 Å². The molecule has 1 amide bonds. The molecule has 2 aromatic rings. The molecule has 3 heterocycles. The van der Waals surface area contributed by atoms with Crippen molar-refractivity contribution < 1.29 is 9.53 Å². The number of amides is 1. The Bertz CT molecular complexity index is 861. The van der Waals surface area contributed by atoms with Gasteiger partial charge in [-0.2, -0.15) is 0 Å². The molecule has 1 aromatic heterocycles. The maximum atomic E-state index is 12.5. The minimum atomic E-state index is -0.0684. The molecular weight excluding hydrogens is 376 g/mol. The Kier molecular flexibility index (Phi) is 6.62. The second-order valence-electron chi connectivity index (χ2n) is 8.59. The minimum Gasteiger partial charge on any atom is -0.379 e. The topological polar surface area (TPSA) is 67.3 Å². The highest BCUT2D eigenvalue weighted by Gasteiger charge is 2.28. The van der Waals surface area contributed by atoms with Crippen molar-refractivity contribution in [3.63, 3.8) is 0 Å². The molecule has 30 heavy (non-hydrogen) atoms. The summed E-state index contributed by atoms with van der Waals surface area (Å²) in [6.45, 7) is 7.57. The fraction of sp³-hybridized carbons (Fsp3) is 0.542. The normalized spacial score (nSPS) is 17.2. The standard InChI is InChI=1S/C24H32N4O2/c1-17(2)30-16-19-11-14-28(15-12-19)23-20-10-13-25-24(29)22(20)26-21(27-23)9-8-18-6-4-3-5-7-18/h3-7,17,19H,8-16H2,1-2H3,(H,25,29). The number of piperidine rings is 1. The second-order valence-corrected chi connectivity index (χ2v) is 8.59. The lowest BCUT2D eigenvalue weighted by molar-refractivity contribution is 0.0448. The summed E-state index contributed by atoms with van der Waals surface area (Å²) in [4.78, 5) is 24.5. The Morgan fingerprint density at radius 2 is 1.90 bits per heavy atom. The van der Waals surface area contributed by atoms with Gasteiger partial charge < -0.3 is 15.0 Å². The molecular formula is C24H32N4O2. The van der Waals surface area contributed by atoms with Gasteiger partial charge in [-0.15, -0.1) is 0 Å². The molecule has 0 saturated carbocycles. The summed E-state index contributed by atoms with van der Waals surface area (Å²) in [5.41, 5.74) is 2.84. The van der Waals surface area contributed by atoms with Gasteiger partial charge in [-0.3, -0.25) is 4.79 Å². The zero-order valence-electron chi connectivity index (χ0n) is 18.1. The number of hydrogen-bond acceptors (Lipinski definition) is 5. The van der Waals surface area contributed by atoms with Gasteiger partial charge in [0.05, 0.1) is 6.10 Å². The number of ether oxygens (including phenoxy) is 1. The van der Waals surface area contributed by atoms with E-state index in [0.717, 1.165) is 69.0 Å². The smallest absolute Gasteiger partial charge is 0.270 e. The first-order valence-corrected chi connectivity index (χ1v) is 11.2. The molecule has 1 fully saturated rings. The van der Waals surface area contributed by atoms with E-state index in [1.54, 1.807) is 0 Å². The SMILES string of the molecule is CC(C)OCC1CCN(c2nc(CCc3ccccc3)nc3c2CCNC3=O)CC1. The van der Waals surface area contributed by atoms with Crippen LogP contribution in [-0.4, -0.2) is 48.2 Å². The Hall–Kier alpha value is -2.47. The van der Waals surface area contributed by atoms with E-state index in [1.807, 2.05) is 6.07 Å². The molecule has 6 nitrogen and oxygen atoms in total. The zero-order chi connectivity index (χ0) is 20.9. The van der Waals surface area contributed by atoms with E-state index in [0.29, 0.717) is 18.2 Å². The molecule has 1 saturated heterocycles. The lowest BCUT2D eigenvalue weighted by atomic mass is 9.96. The van der Waals surface area contributed by atoms with Crippen LogP contribution in [0.2, 0.25) is 0 Å². The molecule has 4 rings (SSSR count). The molecule has 0 aliphatic carbocycles. The monoisotopic (exact) mass is 408 g/mol. The van der Waals surface area contributed by atoms with E-state index in [9.17, 15) is 4.79 Å². The van der Waals surface area contributed by atoms with Crippen LogP contribution < -0.4 is 10.2 Å². The third-order valence-electron chi connectivity index (χ3n) is 5.97. The molecule has 0 atom stereocenters. The number of carbonyl (C=O) groups excluding carboxylic acids is 1. The highest BCUT2D eigenvalue weighted by atomic mass is 16.5. The van der Waals surface area contributed by atoms with Crippen molar-refractivity contribution in [1.29, 1.82) is 0 Å². The number of rotatable bonds is 7. The zero-order valence-corrected chi connectivity index (χ0v) is 18.1. The summed E-state index contributed by atoms with van der Waals surface area (Å²) >= 11 is 0. The van der Waals surface area contributed by atoms with E-state index >= 15 is 0 Å². The molecule has 0 bridgehead atoms. The van der Waals surface area contributed by atoms with Crippen LogP contribution in [0.3, 0.4) is 0 Å². The van der Waals surface area contributed by atoms with Crippen molar-refractivity contribution in [2.75, 3.05) is 31.1 Å². The molecule has 160 valence electrons. The summed E-state index contributed by atoms with van der Waals surface area (Å²) in [5, 5.41) is 2.94. The van der Waals surface area contributed by atoms with Crippen LogP contribution in [-0.2, 0) is 24.0 Å². The van der Waals surface area contributed by atoms with Gasteiger partial charge in [-0.05, 0) is 51.0 Å². The summed E-state index contributed by atoms with van der Waals surface area (Å²) in [5.74, 6) is 2.26. The van der Waals surface area contributed by atoms with Crippen LogP contribution >= 0.6 is 0 Å². The Labute approximate surface area is 179 Å². The van der Waals surface area contributed by atoms with Crippen molar-refractivity contribution in [1.82, 2.24) is 15.3 Å². The van der Waals surface area contributed by atoms with Crippen molar-refractivity contribution in [3.05, 3.63) is 53.0 Å². The molecule has 0 radical (unpaired) electrons. The first kappa shape index (κ1) is 20.8. The van der Waals surface area contributed by atoms with Gasteiger partial charge in [0.15, 0.2) is 0 Å². The number of benzene rings is 1. The van der Waals surface area contributed by atoms with E-state index in [-0.39, 0.29) is 12.0 Å². The number of anilines is 1. The van der Waals surface area contributed by atoms with Gasteiger partial charge in [0.1, 0.15) is 17.3 Å². The van der Waals surface area contributed by atoms with E-state index in [2.05, 4.69) is 53.3 Å². The van der Waals surface area contributed by atoms with Crippen LogP contribution in [0.1, 0.15) is 54.1 Å². The van der Waals surface area contributed by atoms with E-state index in [4.69, 9.17) is 9.72 Å². The van der Waals surface area contributed by atoms with Crippen LogP contribution in [0.15, 0.2) is 30.3 Å². The lowest BCUT2D eigenvalue weighted by Gasteiger charge is -2.35. The summed E-state index contributed by atoms with van der Waals surface area (Å²) in [6, 6.07) is 10.4. The van der Waals surface area contributed by atoms with Crippen LogP contribution in [0, 0.1) is 5.92 Å². The maximum Gasteiger partial charge on any atom is 0.270 e. The highest BCUT2D eigenvalue weighted by molar-refractivity contribution is 5.96. The van der Waals surface area contributed by atoms with Crippen molar-refractivity contribution in [2.24, 2.45) is 5.92 Å². The van der Waals surface area contributed by atoms with Crippen molar-refractivity contribution in [3.8, 4) is 0 Å². The quantitative estimate of drug-likeness (QED) is 0.762. The Morgan fingerprint density at radius 3 is 2.63 bits per heavy atom. The largest absolute Gasteiger partial charge is 0.379 e. The fourth-order valence-corrected chi connectivity index (χ4v) is 4.23. The Morgan fingerprint density at radius 1 is 1.13 bits per heavy atom. The summed E-state index contributed by atoms with van der Waals surface area (Å²) < 4.78 is 5.82. The average Bonchev–Trinajstić information content (AvgIpc) is 2.77. The van der Waals surface area contributed by atoms with E-state index < -0.39 is 0 Å². The third-order valence-corrected chi connectivity index (χ3v) is 5.97. The molecule has 6 heteroatoms. The molecule has 0 spiro atoms. The number of nitrogens with one attached hydrogen (secondary N) is 1. The predicted molar refractivity (Wildman–Crippen MR) is 118 cm³/mol. The van der Waals surface area contributed by atoms with Crippen molar-refractivity contribution >= 4 is 11.7 Å². The second kappa shape index (κ2) is 9.56. The van der Waals surface area contributed by atoms with Gasteiger partial charge in [-0.25, -0.2) is 9.97 Å². The number of aryl methyl sites for hydroxylation is 2. The molecule has 0 unspecified atom stereocenters. The first-order valence-electron chi connectivity index (χ1n) is 11.2. The number of hydrogen-bond donors (Lipinski definition) is 1. The van der Waals surface area contributed by atoms with Gasteiger partial charge >= 0.3 is 0 Å². The number of nitrogens with zero attached hydrogens (tertiary/aromatic N) is 3. The Balaban J connectivity index is 1.51. The van der Waals surface area contributed by atoms with Gasteiger partial charge in [0.2, 0.25) is 0 Å². The van der Waals surface area contributed by atoms with Crippen LogP contribution in [0.25, 0.3) is 0 Å². The molecule has 2 aliphatic heterocycles. The number of carbonyl (C=O) groups is 1. The van der Waals surface area contributed by atoms with E-state index in [1.165, 1.54) is 5.56 Å². The first-order chi connectivity index (χ1) is 14.6. The number of fused-ring (bicyclic) bond motifs is 1. The summed E-state index contributed by atoms with van der Waals surface area (Å²) in [6.07, 6.45) is 4.87. The molecule has 2 aliphatic rings. The third kappa shape index (κ3) is 4.98. The molecule has 1 aromatic carbocycles. The molecule has 1 N–H and O–H groups in total. The fourth-order valence-electron chi connectivity index (χ4n) is 4.23.